The van der Waals surface area contributed by atoms with Crippen molar-refractivity contribution in [3.63, 3.8) is 0 Å². The molecule has 0 heterocycles. The Balaban J connectivity index is 6.32. The van der Waals surface area contributed by atoms with E-state index < -0.39 is 8.56 Å². The summed E-state index contributed by atoms with van der Waals surface area (Å²) >= 11 is 0. The highest BCUT2D eigenvalue weighted by Crippen LogP contribution is 2.34. The SMILES string of the molecule is CCCN(CCC)CC(CC[Si](CC)(OC)OC)(CN(CCC)CCC)CN(CCC)CCC. The van der Waals surface area contributed by atoms with Gasteiger partial charge in [-0.2, -0.15) is 0 Å². The molecule has 0 atom stereocenters. The quantitative estimate of drug-likeness (QED) is 0.141. The van der Waals surface area contributed by atoms with Crippen molar-refractivity contribution < 1.29 is 8.85 Å². The highest BCUT2D eigenvalue weighted by atomic mass is 28.4. The zero-order chi connectivity index (χ0) is 25.9. The fourth-order valence-electron chi connectivity index (χ4n) is 5.73. The summed E-state index contributed by atoms with van der Waals surface area (Å²) in [6.45, 7) is 27.0. The molecule has 5 nitrogen and oxygen atoms in total. The lowest BCUT2D eigenvalue weighted by molar-refractivity contribution is 0.0465. The Morgan fingerprint density at radius 1 is 0.529 bits per heavy atom. The molecule has 0 radical (unpaired) electrons. The molecule has 0 aromatic heterocycles. The van der Waals surface area contributed by atoms with E-state index in [1.54, 1.807) is 0 Å². The summed E-state index contributed by atoms with van der Waals surface area (Å²) in [5, 5.41) is 0. The van der Waals surface area contributed by atoms with Crippen LogP contribution in [0.3, 0.4) is 0 Å². The van der Waals surface area contributed by atoms with Crippen molar-refractivity contribution in [2.75, 3.05) is 73.1 Å². The minimum absolute atomic E-state index is 0.226. The van der Waals surface area contributed by atoms with Gasteiger partial charge in [0.1, 0.15) is 0 Å². The summed E-state index contributed by atoms with van der Waals surface area (Å²) in [5.41, 5.74) is 0.226. The van der Waals surface area contributed by atoms with E-state index in [0.29, 0.717) is 0 Å². The predicted octanol–water partition coefficient (Wildman–Crippen LogP) is 6.48. The van der Waals surface area contributed by atoms with Crippen LogP contribution in [-0.4, -0.2) is 96.4 Å². The first-order valence-corrected chi connectivity index (χ1v) is 16.9. The number of hydrogen-bond acceptors (Lipinski definition) is 5. The largest absolute Gasteiger partial charge is 0.398 e. The maximum absolute atomic E-state index is 6.11. The van der Waals surface area contributed by atoms with Crippen LogP contribution in [0.2, 0.25) is 12.1 Å². The summed E-state index contributed by atoms with van der Waals surface area (Å²) in [7, 11) is 1.61. The van der Waals surface area contributed by atoms with Gasteiger partial charge in [0.2, 0.25) is 0 Å². The fourth-order valence-corrected chi connectivity index (χ4v) is 8.14. The van der Waals surface area contributed by atoms with Gasteiger partial charge in [0.05, 0.1) is 0 Å². The van der Waals surface area contributed by atoms with Gasteiger partial charge < -0.3 is 23.6 Å². The Hall–Kier alpha value is 0.0169. The molecule has 0 rings (SSSR count). The number of nitrogens with zero attached hydrogens (tertiary/aromatic N) is 3. The van der Waals surface area contributed by atoms with E-state index >= 15 is 0 Å². The summed E-state index contributed by atoms with van der Waals surface area (Å²) in [6, 6.07) is 2.10. The average molecular weight is 502 g/mol. The van der Waals surface area contributed by atoms with Crippen molar-refractivity contribution in [1.29, 1.82) is 0 Å². The Morgan fingerprint density at radius 3 is 1.03 bits per heavy atom. The molecule has 34 heavy (non-hydrogen) atoms. The van der Waals surface area contributed by atoms with Crippen molar-refractivity contribution >= 4 is 8.56 Å². The second-order valence-corrected chi connectivity index (χ2v) is 14.3. The molecule has 0 spiro atoms. The molecule has 0 saturated carbocycles. The average Bonchev–Trinajstić information content (AvgIpc) is 2.81. The highest BCUT2D eigenvalue weighted by molar-refractivity contribution is 6.67. The summed E-state index contributed by atoms with van der Waals surface area (Å²) < 4.78 is 12.2. The molecule has 0 aliphatic carbocycles. The molecule has 0 aliphatic rings. The third-order valence-corrected chi connectivity index (χ3v) is 10.8. The van der Waals surface area contributed by atoms with Gasteiger partial charge >= 0.3 is 8.56 Å². The molecular formula is C28H63N3O2Si. The number of rotatable bonds is 24. The van der Waals surface area contributed by atoms with E-state index in [1.807, 2.05) is 14.2 Å². The van der Waals surface area contributed by atoms with E-state index in [2.05, 4.69) is 63.2 Å². The van der Waals surface area contributed by atoms with Gasteiger partial charge in [-0.15, -0.1) is 0 Å². The first kappa shape index (κ1) is 34.0. The van der Waals surface area contributed by atoms with Crippen molar-refractivity contribution in [2.45, 2.75) is 106 Å². The second-order valence-electron chi connectivity index (χ2n) is 10.5. The van der Waals surface area contributed by atoms with Gasteiger partial charge in [-0.05, 0) is 96.3 Å². The smallest absolute Gasteiger partial charge is 0.337 e. The summed E-state index contributed by atoms with van der Waals surface area (Å²) in [6.07, 6.45) is 8.53. The summed E-state index contributed by atoms with van der Waals surface area (Å²) in [4.78, 5) is 8.29. The van der Waals surface area contributed by atoms with Gasteiger partial charge in [0.25, 0.3) is 0 Å². The van der Waals surface area contributed by atoms with Gasteiger partial charge in [-0.3, -0.25) is 0 Å². The van der Waals surface area contributed by atoms with Crippen LogP contribution in [0.4, 0.5) is 0 Å². The van der Waals surface area contributed by atoms with Crippen LogP contribution in [0.5, 0.6) is 0 Å². The first-order chi connectivity index (χ1) is 16.4. The van der Waals surface area contributed by atoms with Crippen LogP contribution < -0.4 is 0 Å². The van der Waals surface area contributed by atoms with Crippen LogP contribution >= 0.6 is 0 Å². The fraction of sp³-hybridized carbons (Fsp3) is 1.00. The lowest BCUT2D eigenvalue weighted by Crippen LogP contribution is -2.54. The Labute approximate surface area is 216 Å². The standard InChI is InChI=1S/C28H63N3O2Si/c1-10-18-29(19-11-2)25-28(26-30(20-12-3)21-13-4,27-31(22-14-5)23-15-6)17-24-34(16-7,32-8)33-9/h10-27H2,1-9H3. The van der Waals surface area contributed by atoms with E-state index in [-0.39, 0.29) is 5.41 Å². The van der Waals surface area contributed by atoms with Crippen LogP contribution in [0.15, 0.2) is 0 Å². The van der Waals surface area contributed by atoms with E-state index in [0.717, 1.165) is 12.1 Å². The molecule has 206 valence electrons. The topological polar surface area (TPSA) is 28.2 Å². The van der Waals surface area contributed by atoms with Crippen LogP contribution in [-0.2, 0) is 8.85 Å². The molecule has 0 fully saturated rings. The maximum Gasteiger partial charge on any atom is 0.337 e. The first-order valence-electron chi connectivity index (χ1n) is 14.6. The summed E-state index contributed by atoms with van der Waals surface area (Å²) in [5.74, 6) is 0. The molecule has 0 aliphatic heterocycles. The molecule has 0 amide bonds. The van der Waals surface area contributed by atoms with Gasteiger partial charge in [0.15, 0.2) is 0 Å². The van der Waals surface area contributed by atoms with E-state index in [4.69, 9.17) is 8.85 Å². The van der Waals surface area contributed by atoms with Crippen molar-refractivity contribution in [3.05, 3.63) is 0 Å². The van der Waals surface area contributed by atoms with Gasteiger partial charge in [-0.25, -0.2) is 0 Å². The predicted molar refractivity (Wildman–Crippen MR) is 153 cm³/mol. The highest BCUT2D eigenvalue weighted by Gasteiger charge is 2.41. The normalized spacial score (nSPS) is 13.1. The second kappa shape index (κ2) is 20.1. The van der Waals surface area contributed by atoms with Crippen LogP contribution in [0, 0.1) is 5.41 Å². The molecule has 0 N–H and O–H groups in total. The molecule has 6 heteroatoms. The molecule has 0 unspecified atom stereocenters. The van der Waals surface area contributed by atoms with E-state index in [9.17, 15) is 0 Å². The van der Waals surface area contributed by atoms with E-state index in [1.165, 1.54) is 104 Å². The lowest BCUT2D eigenvalue weighted by Gasteiger charge is -2.46. The Morgan fingerprint density at radius 2 is 0.824 bits per heavy atom. The van der Waals surface area contributed by atoms with Gasteiger partial charge in [-0.1, -0.05) is 48.5 Å². The van der Waals surface area contributed by atoms with Crippen molar-refractivity contribution in [3.8, 4) is 0 Å². The monoisotopic (exact) mass is 501 g/mol. The number of hydrogen-bond donors (Lipinski definition) is 0. The molecule has 0 aromatic carbocycles. The lowest BCUT2D eigenvalue weighted by atomic mass is 9.82. The zero-order valence-corrected chi connectivity index (χ0v) is 25.9. The Kier molecular flexibility index (Phi) is 20.1. The zero-order valence-electron chi connectivity index (χ0n) is 24.9. The molecule has 0 bridgehead atoms. The molecule has 0 aromatic rings. The van der Waals surface area contributed by atoms with Crippen LogP contribution in [0.1, 0.15) is 93.4 Å². The molecular weight excluding hydrogens is 438 g/mol. The van der Waals surface area contributed by atoms with Crippen molar-refractivity contribution in [2.24, 2.45) is 5.41 Å². The minimum Gasteiger partial charge on any atom is -0.398 e. The third kappa shape index (κ3) is 12.8. The maximum atomic E-state index is 6.11. The minimum atomic E-state index is -2.15. The third-order valence-electron chi connectivity index (χ3n) is 7.23. The molecule has 0 saturated heterocycles. The van der Waals surface area contributed by atoms with Gasteiger partial charge in [0, 0.05) is 39.3 Å². The van der Waals surface area contributed by atoms with Crippen LogP contribution in [0.25, 0.3) is 0 Å². The Bertz CT molecular complexity index is 391. The van der Waals surface area contributed by atoms with Crippen molar-refractivity contribution in [1.82, 2.24) is 14.7 Å².